The molecular formula is C14H14FN5O4S. The predicted octanol–water partition coefficient (Wildman–Crippen LogP) is 0.444. The highest BCUT2D eigenvalue weighted by Gasteiger charge is 2.10. The molecule has 3 amide bonds. The zero-order valence-corrected chi connectivity index (χ0v) is 13.4. The maximum Gasteiger partial charge on any atom is 0.337 e. The highest BCUT2D eigenvalue weighted by molar-refractivity contribution is 7.89. The molecule has 0 saturated carbocycles. The van der Waals surface area contributed by atoms with E-state index in [-0.39, 0.29) is 10.5 Å². The fourth-order valence-electron chi connectivity index (χ4n) is 1.70. The van der Waals surface area contributed by atoms with Crippen molar-refractivity contribution in [2.24, 2.45) is 5.14 Å². The van der Waals surface area contributed by atoms with Gasteiger partial charge in [0.15, 0.2) is 0 Å². The molecule has 2 rings (SSSR count). The quantitative estimate of drug-likeness (QED) is 0.486. The fraction of sp³-hybridized carbons (Fsp3) is 0. The third-order valence-corrected chi connectivity index (χ3v) is 3.83. The van der Waals surface area contributed by atoms with E-state index in [1.54, 1.807) is 0 Å². The number of benzene rings is 2. The number of carbonyl (C=O) groups excluding carboxylic acids is 2. The van der Waals surface area contributed by atoms with Crippen LogP contribution in [0.1, 0.15) is 10.4 Å². The zero-order chi connectivity index (χ0) is 18.4. The van der Waals surface area contributed by atoms with E-state index < -0.39 is 27.8 Å². The molecule has 25 heavy (non-hydrogen) atoms. The Hall–Kier alpha value is -3.02. The number of primary sulfonamides is 1. The first kappa shape index (κ1) is 18.3. The summed E-state index contributed by atoms with van der Waals surface area (Å²) in [7, 11) is -3.78. The molecule has 0 aliphatic carbocycles. The second-order valence-electron chi connectivity index (χ2n) is 4.73. The number of halogens is 1. The Morgan fingerprint density at radius 2 is 1.56 bits per heavy atom. The first-order valence-electron chi connectivity index (χ1n) is 6.76. The van der Waals surface area contributed by atoms with E-state index in [0.29, 0.717) is 5.69 Å². The molecule has 0 aliphatic rings. The van der Waals surface area contributed by atoms with Gasteiger partial charge in [-0.3, -0.25) is 15.5 Å². The van der Waals surface area contributed by atoms with Crippen molar-refractivity contribution >= 4 is 27.6 Å². The third-order valence-electron chi connectivity index (χ3n) is 2.90. The van der Waals surface area contributed by atoms with Gasteiger partial charge in [-0.1, -0.05) is 0 Å². The molecule has 2 aromatic carbocycles. The molecule has 0 bridgehead atoms. The van der Waals surface area contributed by atoms with Gasteiger partial charge in [-0.15, -0.1) is 5.53 Å². The topological polar surface area (TPSA) is 142 Å². The van der Waals surface area contributed by atoms with Gasteiger partial charge in [0.2, 0.25) is 10.0 Å². The monoisotopic (exact) mass is 367 g/mol. The van der Waals surface area contributed by atoms with Gasteiger partial charge in [0.1, 0.15) is 5.82 Å². The van der Waals surface area contributed by atoms with Gasteiger partial charge in [-0.2, -0.15) is 0 Å². The predicted molar refractivity (Wildman–Crippen MR) is 87.0 cm³/mol. The summed E-state index contributed by atoms with van der Waals surface area (Å²) in [6, 6.07) is 9.17. The van der Waals surface area contributed by atoms with E-state index in [2.05, 4.69) is 16.4 Å². The summed E-state index contributed by atoms with van der Waals surface area (Å²) in [5.74, 6) is -1.21. The van der Waals surface area contributed by atoms with Crippen molar-refractivity contribution in [3.63, 3.8) is 0 Å². The minimum atomic E-state index is -3.78. The SMILES string of the molecule is NS(=O)(=O)c1ccc(NNNC(=O)NC(=O)c2ccc(F)cc2)cc1. The second-order valence-corrected chi connectivity index (χ2v) is 6.30. The molecule has 132 valence electrons. The number of hydrazine groups is 2. The lowest BCUT2D eigenvalue weighted by Crippen LogP contribution is -2.48. The third kappa shape index (κ3) is 5.53. The molecule has 9 nitrogen and oxygen atoms in total. The molecule has 0 aromatic heterocycles. The van der Waals surface area contributed by atoms with E-state index in [9.17, 15) is 22.4 Å². The molecular weight excluding hydrogens is 353 g/mol. The first-order chi connectivity index (χ1) is 11.8. The van der Waals surface area contributed by atoms with Crippen LogP contribution in [0, 0.1) is 5.82 Å². The first-order valence-corrected chi connectivity index (χ1v) is 8.31. The van der Waals surface area contributed by atoms with Crippen LogP contribution in [0.2, 0.25) is 0 Å². The molecule has 0 atom stereocenters. The van der Waals surface area contributed by atoms with Gasteiger partial charge in [0.25, 0.3) is 5.91 Å². The van der Waals surface area contributed by atoms with Crippen LogP contribution in [0.4, 0.5) is 14.9 Å². The van der Waals surface area contributed by atoms with E-state index in [1.807, 2.05) is 5.32 Å². The summed E-state index contributed by atoms with van der Waals surface area (Å²) < 4.78 is 35.0. The van der Waals surface area contributed by atoms with Crippen LogP contribution in [-0.2, 0) is 10.0 Å². The van der Waals surface area contributed by atoms with E-state index >= 15 is 0 Å². The highest BCUT2D eigenvalue weighted by Crippen LogP contribution is 2.11. The summed E-state index contributed by atoms with van der Waals surface area (Å²) in [5.41, 5.74) is 7.56. The van der Waals surface area contributed by atoms with Crippen LogP contribution in [0.3, 0.4) is 0 Å². The van der Waals surface area contributed by atoms with Crippen molar-refractivity contribution in [2.45, 2.75) is 4.90 Å². The Morgan fingerprint density at radius 3 is 2.12 bits per heavy atom. The largest absolute Gasteiger partial charge is 0.337 e. The van der Waals surface area contributed by atoms with Crippen LogP contribution in [-0.4, -0.2) is 20.4 Å². The van der Waals surface area contributed by atoms with Gasteiger partial charge in [0.05, 0.1) is 10.6 Å². The van der Waals surface area contributed by atoms with Gasteiger partial charge < -0.3 is 5.43 Å². The summed E-state index contributed by atoms with van der Waals surface area (Å²) >= 11 is 0. The molecule has 0 saturated heterocycles. The Morgan fingerprint density at radius 1 is 0.960 bits per heavy atom. The Balaban J connectivity index is 1.80. The number of amides is 3. The van der Waals surface area contributed by atoms with E-state index in [0.717, 1.165) is 12.1 Å². The number of carbonyl (C=O) groups is 2. The number of anilines is 1. The zero-order valence-electron chi connectivity index (χ0n) is 12.6. The van der Waals surface area contributed by atoms with Crippen molar-refractivity contribution in [3.05, 3.63) is 59.9 Å². The second kappa shape index (κ2) is 7.70. The number of rotatable bonds is 5. The normalized spacial score (nSPS) is 10.8. The smallest absolute Gasteiger partial charge is 0.304 e. The van der Waals surface area contributed by atoms with Gasteiger partial charge in [0, 0.05) is 5.56 Å². The summed E-state index contributed by atoms with van der Waals surface area (Å²) in [6.45, 7) is 0. The van der Waals surface area contributed by atoms with Crippen molar-refractivity contribution in [2.75, 3.05) is 5.43 Å². The van der Waals surface area contributed by atoms with Crippen LogP contribution in [0.25, 0.3) is 0 Å². The average Bonchev–Trinajstić information content (AvgIpc) is 2.55. The maximum absolute atomic E-state index is 12.8. The number of nitrogens with one attached hydrogen (secondary N) is 4. The van der Waals surface area contributed by atoms with Crippen molar-refractivity contribution in [1.82, 2.24) is 16.3 Å². The van der Waals surface area contributed by atoms with Crippen LogP contribution in [0.15, 0.2) is 53.4 Å². The number of hydrogen-bond donors (Lipinski definition) is 5. The lowest BCUT2D eigenvalue weighted by molar-refractivity contribution is 0.0963. The Bertz CT molecular complexity index is 869. The molecule has 0 radical (unpaired) electrons. The average molecular weight is 367 g/mol. The molecule has 11 heteroatoms. The number of hydrogen-bond acceptors (Lipinski definition) is 6. The summed E-state index contributed by atoms with van der Waals surface area (Å²) in [6.07, 6.45) is 0. The van der Waals surface area contributed by atoms with Crippen LogP contribution < -0.4 is 26.8 Å². The van der Waals surface area contributed by atoms with Crippen molar-refractivity contribution in [3.8, 4) is 0 Å². The summed E-state index contributed by atoms with van der Waals surface area (Å²) in [4.78, 5) is 23.2. The lowest BCUT2D eigenvalue weighted by Gasteiger charge is -2.10. The van der Waals surface area contributed by atoms with E-state index in [4.69, 9.17) is 5.14 Å². The lowest BCUT2D eigenvalue weighted by atomic mass is 10.2. The number of imide groups is 1. The van der Waals surface area contributed by atoms with Crippen molar-refractivity contribution in [1.29, 1.82) is 0 Å². The highest BCUT2D eigenvalue weighted by atomic mass is 32.2. The van der Waals surface area contributed by atoms with Gasteiger partial charge in [-0.05, 0) is 48.5 Å². The minimum Gasteiger partial charge on any atom is -0.304 e. The Kier molecular flexibility index (Phi) is 5.64. The minimum absolute atomic E-state index is 0.0614. The molecule has 0 heterocycles. The maximum atomic E-state index is 12.8. The van der Waals surface area contributed by atoms with Crippen LogP contribution in [0.5, 0.6) is 0 Å². The number of urea groups is 1. The Labute approximate surface area is 142 Å². The van der Waals surface area contributed by atoms with Gasteiger partial charge >= 0.3 is 6.03 Å². The van der Waals surface area contributed by atoms with Crippen molar-refractivity contribution < 1.29 is 22.4 Å². The van der Waals surface area contributed by atoms with Gasteiger partial charge in [-0.25, -0.2) is 22.7 Å². The fourth-order valence-corrected chi connectivity index (χ4v) is 2.21. The molecule has 0 spiro atoms. The molecule has 0 unspecified atom stereocenters. The molecule has 0 fully saturated rings. The standard InChI is InChI=1S/C14H14FN5O4S/c15-10-3-1-9(2-4-10)13(21)17-14(22)19-20-18-11-5-7-12(8-6-11)25(16,23)24/h1-8,18,20H,(H2,16,23,24)(H2,17,19,21,22). The van der Waals surface area contributed by atoms with Crippen LogP contribution >= 0.6 is 0 Å². The molecule has 0 aliphatic heterocycles. The number of sulfonamides is 1. The summed E-state index contributed by atoms with van der Waals surface area (Å²) in [5, 5.41) is 6.99. The number of nitrogens with two attached hydrogens (primary N) is 1. The molecule has 2 aromatic rings. The van der Waals surface area contributed by atoms with E-state index in [1.165, 1.54) is 36.4 Å². The molecule has 6 N–H and O–H groups in total.